The van der Waals surface area contributed by atoms with E-state index in [-0.39, 0.29) is 5.56 Å². The van der Waals surface area contributed by atoms with Gasteiger partial charge >= 0.3 is 0 Å². The molecule has 0 saturated heterocycles. The van der Waals surface area contributed by atoms with Crippen molar-refractivity contribution in [2.24, 2.45) is 0 Å². The summed E-state index contributed by atoms with van der Waals surface area (Å²) >= 11 is 0. The van der Waals surface area contributed by atoms with Crippen LogP contribution in [0.5, 0.6) is 0 Å². The number of pyridine rings is 1. The molecule has 0 bridgehead atoms. The van der Waals surface area contributed by atoms with Gasteiger partial charge < -0.3 is 4.57 Å². The Labute approximate surface area is 240 Å². The number of fused-ring (bicyclic) bond motifs is 5. The molecule has 4 heteroatoms. The van der Waals surface area contributed by atoms with E-state index in [1.54, 1.807) is 0 Å². The molecule has 0 aliphatic rings. The van der Waals surface area contributed by atoms with Crippen molar-refractivity contribution < 1.29 is 0 Å². The first-order valence-electron chi connectivity index (χ1n) is 14.1. The molecule has 3 aromatic heterocycles. The lowest BCUT2D eigenvalue weighted by molar-refractivity contribution is 1.13. The maximum atomic E-state index is 14.1. The normalized spacial score (nSPS) is 11.9. The molecule has 0 saturated carbocycles. The van der Waals surface area contributed by atoms with Crippen molar-refractivity contribution in [1.82, 2.24) is 14.0 Å². The third-order valence-electron chi connectivity index (χ3n) is 8.45. The zero-order chi connectivity index (χ0) is 27.8. The molecule has 0 spiro atoms. The van der Waals surface area contributed by atoms with E-state index in [0.717, 1.165) is 66.0 Å². The van der Waals surface area contributed by atoms with Gasteiger partial charge in [-0.05, 0) is 71.1 Å². The minimum Gasteiger partial charge on any atom is -0.309 e. The average Bonchev–Trinajstić information content (AvgIpc) is 3.61. The molecule has 0 amide bonds. The van der Waals surface area contributed by atoms with Crippen molar-refractivity contribution >= 4 is 49.0 Å². The number of rotatable bonds is 3. The topological polar surface area (TPSA) is 39.3 Å². The van der Waals surface area contributed by atoms with E-state index < -0.39 is 0 Å². The second kappa shape index (κ2) is 8.63. The Balaban J connectivity index is 1.38. The molecule has 4 nitrogen and oxygen atoms in total. The Morgan fingerprint density at radius 3 is 1.93 bits per heavy atom. The van der Waals surface area contributed by atoms with Crippen LogP contribution in [0.15, 0.2) is 144 Å². The number of hydrogen-bond donors (Lipinski definition) is 0. The Bertz CT molecular complexity index is 2530. The Hall–Kier alpha value is -5.74. The lowest BCUT2D eigenvalue weighted by Gasteiger charge is -2.09. The second-order valence-corrected chi connectivity index (χ2v) is 10.8. The number of benzene rings is 6. The first kappa shape index (κ1) is 23.0. The van der Waals surface area contributed by atoms with Gasteiger partial charge in [-0.15, -0.1) is 0 Å². The highest BCUT2D eigenvalue weighted by Crippen LogP contribution is 2.38. The van der Waals surface area contributed by atoms with E-state index in [0.29, 0.717) is 11.2 Å². The van der Waals surface area contributed by atoms with Crippen LogP contribution in [0, 0.1) is 0 Å². The van der Waals surface area contributed by atoms with Crippen LogP contribution in [0.3, 0.4) is 0 Å². The molecule has 0 aliphatic carbocycles. The van der Waals surface area contributed by atoms with Gasteiger partial charge in [-0.25, -0.2) is 4.98 Å². The largest absolute Gasteiger partial charge is 0.309 e. The molecule has 0 radical (unpaired) electrons. The van der Waals surface area contributed by atoms with Crippen LogP contribution in [-0.2, 0) is 0 Å². The van der Waals surface area contributed by atoms with Crippen molar-refractivity contribution in [3.05, 3.63) is 150 Å². The van der Waals surface area contributed by atoms with Crippen molar-refractivity contribution in [3.63, 3.8) is 0 Å². The van der Waals surface area contributed by atoms with Gasteiger partial charge in [0.25, 0.3) is 5.56 Å². The fourth-order valence-electron chi connectivity index (χ4n) is 6.60. The van der Waals surface area contributed by atoms with E-state index in [4.69, 9.17) is 4.98 Å². The van der Waals surface area contributed by atoms with Crippen molar-refractivity contribution in [2.45, 2.75) is 0 Å². The minimum atomic E-state index is -0.0464. The molecule has 42 heavy (non-hydrogen) atoms. The standard InChI is InChI=1S/C38H23N3O/c42-38-30-17-8-7-15-28(30)32-22-26(24-11-3-1-4-12-24)23-33-36(32)41(38)37(39-33)25-19-20-35-31(21-25)29-16-9-10-18-34(29)40(35)27-13-5-2-6-14-27/h1-23H. The summed E-state index contributed by atoms with van der Waals surface area (Å²) in [5.74, 6) is 0.661. The van der Waals surface area contributed by atoms with Gasteiger partial charge in [0.15, 0.2) is 0 Å². The van der Waals surface area contributed by atoms with Gasteiger partial charge in [0, 0.05) is 32.8 Å². The molecule has 0 atom stereocenters. The van der Waals surface area contributed by atoms with Gasteiger partial charge in [0.1, 0.15) is 5.82 Å². The molecular formula is C38H23N3O. The number of aromatic nitrogens is 3. The fourth-order valence-corrected chi connectivity index (χ4v) is 6.60. The lowest BCUT2D eigenvalue weighted by Crippen LogP contribution is -2.14. The zero-order valence-corrected chi connectivity index (χ0v) is 22.5. The smallest absolute Gasteiger partial charge is 0.264 e. The van der Waals surface area contributed by atoms with Gasteiger partial charge in [0.05, 0.1) is 22.1 Å². The monoisotopic (exact) mass is 537 g/mol. The van der Waals surface area contributed by atoms with Crippen LogP contribution in [0.2, 0.25) is 0 Å². The number of nitrogens with zero attached hydrogens (tertiary/aromatic N) is 3. The number of imidazole rings is 1. The molecular weight excluding hydrogens is 514 g/mol. The summed E-state index contributed by atoms with van der Waals surface area (Å²) < 4.78 is 4.12. The molecule has 0 N–H and O–H groups in total. The van der Waals surface area contributed by atoms with Crippen LogP contribution in [-0.4, -0.2) is 14.0 Å². The molecule has 9 rings (SSSR count). The van der Waals surface area contributed by atoms with Crippen LogP contribution in [0.1, 0.15) is 0 Å². The first-order valence-corrected chi connectivity index (χ1v) is 14.1. The van der Waals surface area contributed by atoms with E-state index in [9.17, 15) is 4.79 Å². The molecule has 0 aliphatic heterocycles. The van der Waals surface area contributed by atoms with Crippen LogP contribution in [0.4, 0.5) is 0 Å². The maximum Gasteiger partial charge on any atom is 0.264 e. The summed E-state index contributed by atoms with van der Waals surface area (Å²) in [5, 5.41) is 4.96. The zero-order valence-electron chi connectivity index (χ0n) is 22.5. The third-order valence-corrected chi connectivity index (χ3v) is 8.45. The molecule has 9 aromatic rings. The summed E-state index contributed by atoms with van der Waals surface area (Å²) in [5.41, 5.74) is 8.12. The average molecular weight is 538 g/mol. The summed E-state index contributed by atoms with van der Waals surface area (Å²) in [4.78, 5) is 19.2. The van der Waals surface area contributed by atoms with Crippen LogP contribution in [0.25, 0.3) is 77.2 Å². The predicted octanol–water partition coefficient (Wildman–Crippen LogP) is 8.87. The first-order chi connectivity index (χ1) is 20.8. The third kappa shape index (κ3) is 3.17. The van der Waals surface area contributed by atoms with Crippen LogP contribution < -0.4 is 5.56 Å². The molecule has 6 aromatic carbocycles. The number of para-hydroxylation sites is 2. The maximum absolute atomic E-state index is 14.1. The number of hydrogen-bond acceptors (Lipinski definition) is 2. The van der Waals surface area contributed by atoms with E-state index in [1.165, 1.54) is 0 Å². The highest BCUT2D eigenvalue weighted by molar-refractivity contribution is 6.14. The van der Waals surface area contributed by atoms with E-state index in [2.05, 4.69) is 95.6 Å². The molecule has 3 heterocycles. The highest BCUT2D eigenvalue weighted by atomic mass is 16.1. The minimum absolute atomic E-state index is 0.0464. The highest BCUT2D eigenvalue weighted by Gasteiger charge is 2.21. The van der Waals surface area contributed by atoms with Crippen molar-refractivity contribution in [3.8, 4) is 28.2 Å². The predicted molar refractivity (Wildman–Crippen MR) is 173 cm³/mol. The summed E-state index contributed by atoms with van der Waals surface area (Å²) in [6.07, 6.45) is 0. The molecule has 0 fully saturated rings. The molecule has 196 valence electrons. The quantitative estimate of drug-likeness (QED) is 0.211. The summed E-state index contributed by atoms with van der Waals surface area (Å²) in [7, 11) is 0. The van der Waals surface area contributed by atoms with Crippen molar-refractivity contribution in [1.29, 1.82) is 0 Å². The van der Waals surface area contributed by atoms with Crippen molar-refractivity contribution in [2.75, 3.05) is 0 Å². The van der Waals surface area contributed by atoms with E-state index in [1.807, 2.05) is 52.9 Å². The lowest BCUT2D eigenvalue weighted by atomic mass is 9.99. The summed E-state index contributed by atoms with van der Waals surface area (Å²) in [6, 6.07) is 47.9. The summed E-state index contributed by atoms with van der Waals surface area (Å²) in [6.45, 7) is 0. The van der Waals surface area contributed by atoms with Gasteiger partial charge in [0.2, 0.25) is 0 Å². The van der Waals surface area contributed by atoms with E-state index >= 15 is 0 Å². The Morgan fingerprint density at radius 2 is 1.12 bits per heavy atom. The fraction of sp³-hybridized carbons (Fsp3) is 0. The van der Waals surface area contributed by atoms with Gasteiger partial charge in [-0.1, -0.05) is 84.9 Å². The van der Waals surface area contributed by atoms with Gasteiger partial charge in [-0.2, -0.15) is 0 Å². The Morgan fingerprint density at radius 1 is 0.476 bits per heavy atom. The van der Waals surface area contributed by atoms with Crippen LogP contribution >= 0.6 is 0 Å². The Kier molecular flexibility index (Phi) is 4.73. The SMILES string of the molecule is O=c1c2ccccc2c2cc(-c3ccccc3)cc3nc(-c4ccc5c(c4)c4ccccc4n5-c4ccccc4)n1c32. The second-order valence-electron chi connectivity index (χ2n) is 10.8. The van der Waals surface area contributed by atoms with Gasteiger partial charge in [-0.3, -0.25) is 9.20 Å². The molecule has 0 unspecified atom stereocenters.